The predicted octanol–water partition coefficient (Wildman–Crippen LogP) is 3.00. The number of nitrogens with zero attached hydrogens (tertiary/aromatic N) is 1. The molecule has 1 heteroatoms. The number of quaternary nitrogens is 1. The van der Waals surface area contributed by atoms with Gasteiger partial charge in [0, 0.05) is 6.42 Å². The monoisotopic (exact) mass is 216 g/mol. The molecule has 2 aliphatic heterocycles. The lowest BCUT2D eigenvalue weighted by atomic mass is 9.99. The van der Waals surface area contributed by atoms with Crippen molar-refractivity contribution in [1.29, 1.82) is 0 Å². The van der Waals surface area contributed by atoms with Crippen LogP contribution in [0.4, 0.5) is 0 Å². The maximum Gasteiger partial charge on any atom is 0.150 e. The highest BCUT2D eigenvalue weighted by molar-refractivity contribution is 5.18. The standard InChI is InChI=1S/C15H22N/c1-15(12-14-8-4-2-5-9-14)13-16(15)10-6-3-7-11-16/h2,4-5,8-9H,3,6-7,10-13H2,1H3/q+1. The summed E-state index contributed by atoms with van der Waals surface area (Å²) in [5.41, 5.74) is 2.08. The third-order valence-electron chi connectivity index (χ3n) is 4.79. The summed E-state index contributed by atoms with van der Waals surface area (Å²) < 4.78 is 1.42. The third-order valence-corrected chi connectivity index (χ3v) is 4.79. The number of hydrogen-bond donors (Lipinski definition) is 0. The molecule has 0 aromatic heterocycles. The minimum absolute atomic E-state index is 0.557. The highest BCUT2D eigenvalue weighted by Gasteiger charge is 2.65. The van der Waals surface area contributed by atoms with Crippen LogP contribution in [0.5, 0.6) is 0 Å². The van der Waals surface area contributed by atoms with Gasteiger partial charge >= 0.3 is 0 Å². The number of benzene rings is 1. The molecule has 0 saturated carbocycles. The minimum Gasteiger partial charge on any atom is -0.309 e. The zero-order chi connectivity index (χ0) is 11.1. The van der Waals surface area contributed by atoms with Crippen molar-refractivity contribution in [2.45, 2.75) is 38.1 Å². The van der Waals surface area contributed by atoms with Crippen LogP contribution < -0.4 is 0 Å². The maximum absolute atomic E-state index is 2.49. The normalized spacial score (nSPS) is 31.6. The lowest BCUT2D eigenvalue weighted by molar-refractivity contribution is -0.834. The molecular weight excluding hydrogens is 194 g/mol. The molecule has 2 saturated heterocycles. The van der Waals surface area contributed by atoms with Crippen molar-refractivity contribution in [1.82, 2.24) is 0 Å². The van der Waals surface area contributed by atoms with Crippen molar-refractivity contribution in [2.24, 2.45) is 0 Å². The van der Waals surface area contributed by atoms with E-state index in [0.717, 1.165) is 0 Å². The van der Waals surface area contributed by atoms with E-state index in [2.05, 4.69) is 37.3 Å². The van der Waals surface area contributed by atoms with Gasteiger partial charge in [0.25, 0.3) is 0 Å². The Balaban J connectivity index is 1.72. The first-order valence-corrected chi connectivity index (χ1v) is 6.64. The van der Waals surface area contributed by atoms with Gasteiger partial charge in [-0.15, -0.1) is 0 Å². The van der Waals surface area contributed by atoms with Crippen molar-refractivity contribution < 1.29 is 4.48 Å². The smallest absolute Gasteiger partial charge is 0.150 e. The molecule has 0 radical (unpaired) electrons. The lowest BCUT2D eigenvalue weighted by Crippen LogP contribution is -2.40. The van der Waals surface area contributed by atoms with Crippen LogP contribution in [0.3, 0.4) is 0 Å². The molecule has 2 fully saturated rings. The Kier molecular flexibility index (Phi) is 2.32. The van der Waals surface area contributed by atoms with Crippen molar-refractivity contribution >= 4 is 0 Å². The Bertz CT molecular complexity index is 364. The molecule has 0 N–H and O–H groups in total. The molecule has 3 rings (SSSR count). The van der Waals surface area contributed by atoms with Gasteiger partial charge in [0.05, 0.1) is 13.1 Å². The fraction of sp³-hybridized carbons (Fsp3) is 0.600. The van der Waals surface area contributed by atoms with Crippen LogP contribution in [0.2, 0.25) is 0 Å². The fourth-order valence-electron chi connectivity index (χ4n) is 3.69. The third kappa shape index (κ3) is 1.58. The van der Waals surface area contributed by atoms with E-state index in [9.17, 15) is 0 Å². The van der Waals surface area contributed by atoms with Crippen LogP contribution in [0.1, 0.15) is 31.7 Å². The molecular formula is C15H22N+. The molecule has 2 aliphatic rings. The molecule has 1 atom stereocenters. The van der Waals surface area contributed by atoms with E-state index < -0.39 is 0 Å². The molecule has 1 unspecified atom stereocenters. The van der Waals surface area contributed by atoms with E-state index in [-0.39, 0.29) is 0 Å². The van der Waals surface area contributed by atoms with Gasteiger partial charge in [-0.3, -0.25) is 0 Å². The highest BCUT2D eigenvalue weighted by atomic mass is 15.5. The van der Waals surface area contributed by atoms with Gasteiger partial charge in [-0.1, -0.05) is 30.3 Å². The average molecular weight is 216 g/mol. The Morgan fingerprint density at radius 1 is 1.06 bits per heavy atom. The molecule has 0 bridgehead atoms. The van der Waals surface area contributed by atoms with Gasteiger partial charge in [-0.2, -0.15) is 0 Å². The van der Waals surface area contributed by atoms with Crippen molar-refractivity contribution in [3.8, 4) is 0 Å². The largest absolute Gasteiger partial charge is 0.309 e. The fourth-order valence-corrected chi connectivity index (χ4v) is 3.69. The zero-order valence-electron chi connectivity index (χ0n) is 10.3. The van der Waals surface area contributed by atoms with E-state index in [1.807, 2.05) is 0 Å². The first-order chi connectivity index (χ1) is 7.74. The van der Waals surface area contributed by atoms with Gasteiger partial charge in [-0.05, 0) is 31.7 Å². The number of piperidine rings is 1. The van der Waals surface area contributed by atoms with Crippen LogP contribution in [-0.2, 0) is 6.42 Å². The Labute approximate surface area is 98.7 Å². The summed E-state index contributed by atoms with van der Waals surface area (Å²) in [7, 11) is 0. The molecule has 2 heterocycles. The minimum atomic E-state index is 0.557. The van der Waals surface area contributed by atoms with Crippen LogP contribution in [0, 0.1) is 0 Å². The van der Waals surface area contributed by atoms with Gasteiger partial charge in [-0.25, -0.2) is 0 Å². The van der Waals surface area contributed by atoms with E-state index in [0.29, 0.717) is 5.54 Å². The SMILES string of the molecule is CC1(Cc2ccccc2)C[N+]12CCCCC2. The van der Waals surface area contributed by atoms with E-state index in [1.165, 1.54) is 55.4 Å². The van der Waals surface area contributed by atoms with Crippen LogP contribution >= 0.6 is 0 Å². The molecule has 86 valence electrons. The van der Waals surface area contributed by atoms with Crippen molar-refractivity contribution in [3.05, 3.63) is 35.9 Å². The Morgan fingerprint density at radius 3 is 2.44 bits per heavy atom. The van der Waals surface area contributed by atoms with Crippen LogP contribution in [0.15, 0.2) is 30.3 Å². The van der Waals surface area contributed by atoms with E-state index >= 15 is 0 Å². The average Bonchev–Trinajstić information content (AvgIpc) is 2.84. The molecule has 1 nitrogen and oxygen atoms in total. The topological polar surface area (TPSA) is 0 Å². The summed E-state index contributed by atoms with van der Waals surface area (Å²) in [5.74, 6) is 0. The van der Waals surface area contributed by atoms with E-state index in [4.69, 9.17) is 0 Å². The molecule has 1 spiro atoms. The maximum atomic E-state index is 2.49. The van der Waals surface area contributed by atoms with Crippen molar-refractivity contribution in [3.63, 3.8) is 0 Å². The summed E-state index contributed by atoms with van der Waals surface area (Å²) >= 11 is 0. The zero-order valence-corrected chi connectivity index (χ0v) is 10.3. The van der Waals surface area contributed by atoms with Gasteiger partial charge in [0.15, 0.2) is 0 Å². The van der Waals surface area contributed by atoms with Crippen LogP contribution in [-0.4, -0.2) is 29.7 Å². The Morgan fingerprint density at radius 2 is 1.75 bits per heavy atom. The van der Waals surface area contributed by atoms with Crippen LogP contribution in [0.25, 0.3) is 0 Å². The first-order valence-electron chi connectivity index (χ1n) is 6.64. The molecule has 1 aromatic rings. The molecule has 16 heavy (non-hydrogen) atoms. The summed E-state index contributed by atoms with van der Waals surface area (Å²) in [6.45, 7) is 6.78. The van der Waals surface area contributed by atoms with E-state index in [1.54, 1.807) is 0 Å². The second kappa shape index (κ2) is 3.59. The molecule has 0 aliphatic carbocycles. The second-order valence-electron chi connectivity index (χ2n) is 5.97. The molecule has 1 aromatic carbocycles. The first kappa shape index (κ1) is 10.3. The summed E-state index contributed by atoms with van der Waals surface area (Å²) in [5, 5.41) is 0. The molecule has 0 amide bonds. The quantitative estimate of drug-likeness (QED) is 0.526. The van der Waals surface area contributed by atoms with Gasteiger partial charge < -0.3 is 4.48 Å². The summed E-state index contributed by atoms with van der Waals surface area (Å²) in [6.07, 6.45) is 5.63. The predicted molar refractivity (Wildman–Crippen MR) is 67.3 cm³/mol. The number of hydrogen-bond acceptors (Lipinski definition) is 0. The van der Waals surface area contributed by atoms with Gasteiger partial charge in [0.1, 0.15) is 12.1 Å². The Hall–Kier alpha value is -0.820. The second-order valence-corrected chi connectivity index (χ2v) is 5.97. The highest BCUT2D eigenvalue weighted by Crippen LogP contribution is 2.47. The van der Waals surface area contributed by atoms with Crippen molar-refractivity contribution in [2.75, 3.05) is 19.6 Å². The lowest BCUT2D eigenvalue weighted by Gasteiger charge is -2.29. The van der Waals surface area contributed by atoms with Gasteiger partial charge in [0.2, 0.25) is 0 Å². The summed E-state index contributed by atoms with van der Waals surface area (Å²) in [4.78, 5) is 0. The summed E-state index contributed by atoms with van der Waals surface area (Å²) in [6, 6.07) is 11.0. The number of rotatable bonds is 2.